The van der Waals surface area contributed by atoms with Crippen molar-refractivity contribution < 1.29 is 9.53 Å². The van der Waals surface area contributed by atoms with Gasteiger partial charge in [0.1, 0.15) is 18.4 Å². The minimum absolute atomic E-state index is 0.0827. The van der Waals surface area contributed by atoms with Crippen LogP contribution < -0.4 is 5.32 Å². The highest BCUT2D eigenvalue weighted by atomic mass is 16.5. The fraction of sp³-hybridized carbons (Fsp3) is 0.458. The van der Waals surface area contributed by atoms with Crippen molar-refractivity contribution in [2.75, 3.05) is 11.9 Å². The van der Waals surface area contributed by atoms with Gasteiger partial charge in [-0.2, -0.15) is 10.1 Å². The molecule has 0 unspecified atom stereocenters. The van der Waals surface area contributed by atoms with E-state index in [9.17, 15) is 10.1 Å². The molecule has 1 aliphatic heterocycles. The summed E-state index contributed by atoms with van der Waals surface area (Å²) in [6.45, 7) is 9.37. The molecule has 1 atom stereocenters. The summed E-state index contributed by atoms with van der Waals surface area (Å²) in [7, 11) is 0. The number of carbonyl (C=O) groups is 1. The Morgan fingerprint density at radius 1 is 1.30 bits per heavy atom. The van der Waals surface area contributed by atoms with Crippen LogP contribution in [0, 0.1) is 25.2 Å². The van der Waals surface area contributed by atoms with Crippen molar-refractivity contribution in [1.29, 1.82) is 5.26 Å². The lowest BCUT2D eigenvalue weighted by Crippen LogP contribution is -2.24. The topological polar surface area (TPSA) is 111 Å². The van der Waals surface area contributed by atoms with Gasteiger partial charge in [-0.25, -0.2) is 0 Å². The number of hydrogen-bond acceptors (Lipinski definition) is 6. The van der Waals surface area contributed by atoms with Crippen molar-refractivity contribution in [3.63, 3.8) is 0 Å². The molecule has 9 heteroatoms. The van der Waals surface area contributed by atoms with Crippen LogP contribution in [0.3, 0.4) is 0 Å². The Labute approximate surface area is 193 Å². The van der Waals surface area contributed by atoms with Crippen LogP contribution in [0.2, 0.25) is 0 Å². The van der Waals surface area contributed by atoms with Crippen LogP contribution in [0.1, 0.15) is 55.0 Å². The van der Waals surface area contributed by atoms with Crippen LogP contribution in [0.4, 0.5) is 5.82 Å². The number of nitrogens with one attached hydrogen (secondary N) is 1. The summed E-state index contributed by atoms with van der Waals surface area (Å²) in [6.07, 6.45) is 2.08. The number of tetrazole rings is 1. The van der Waals surface area contributed by atoms with Gasteiger partial charge in [0.25, 0.3) is 0 Å². The molecule has 3 heterocycles. The first-order chi connectivity index (χ1) is 15.9. The molecule has 0 aliphatic carbocycles. The maximum absolute atomic E-state index is 12.8. The lowest BCUT2D eigenvalue weighted by molar-refractivity contribution is -0.117. The highest BCUT2D eigenvalue weighted by Crippen LogP contribution is 2.28. The number of anilines is 1. The molecular formula is C24H29N7O2. The number of nitriles is 1. The standard InChI is InChI=1S/C24H29N7O2/c1-15(2)18-7-9-19(10-8-18)23-27-29-31(28-23)14-22(32)26-24-21(12-25)16(3)17(4)30(24)13-20-6-5-11-33-20/h7-10,15,20H,5-6,11,13-14H2,1-4H3,(H,26,32)/t20-/m0/s1. The second kappa shape index (κ2) is 9.55. The van der Waals surface area contributed by atoms with Gasteiger partial charge < -0.3 is 14.6 Å². The first kappa shape index (κ1) is 22.7. The minimum Gasteiger partial charge on any atom is -0.376 e. The van der Waals surface area contributed by atoms with Gasteiger partial charge in [-0.1, -0.05) is 38.1 Å². The summed E-state index contributed by atoms with van der Waals surface area (Å²) >= 11 is 0. The van der Waals surface area contributed by atoms with Crippen molar-refractivity contribution in [3.05, 3.63) is 46.6 Å². The van der Waals surface area contributed by atoms with Crippen molar-refractivity contribution in [1.82, 2.24) is 24.8 Å². The lowest BCUT2D eigenvalue weighted by atomic mass is 10.0. The van der Waals surface area contributed by atoms with Crippen LogP contribution >= 0.6 is 0 Å². The fourth-order valence-corrected chi connectivity index (χ4v) is 4.09. The van der Waals surface area contributed by atoms with E-state index in [1.165, 1.54) is 10.4 Å². The van der Waals surface area contributed by atoms with Crippen LogP contribution in [0.15, 0.2) is 24.3 Å². The molecular weight excluding hydrogens is 418 g/mol. The summed E-state index contributed by atoms with van der Waals surface area (Å²) in [6, 6.07) is 10.2. The molecule has 0 radical (unpaired) electrons. The number of carbonyl (C=O) groups excluding carboxylic acids is 1. The van der Waals surface area contributed by atoms with E-state index in [0.29, 0.717) is 29.7 Å². The predicted octanol–water partition coefficient (Wildman–Crippen LogP) is 3.57. The molecule has 33 heavy (non-hydrogen) atoms. The van der Waals surface area contributed by atoms with Gasteiger partial charge in [0.05, 0.1) is 18.2 Å². The van der Waals surface area contributed by atoms with Crippen molar-refractivity contribution in [2.24, 2.45) is 0 Å². The maximum Gasteiger partial charge on any atom is 0.249 e. The molecule has 0 saturated carbocycles. The highest BCUT2D eigenvalue weighted by molar-refractivity contribution is 5.91. The highest BCUT2D eigenvalue weighted by Gasteiger charge is 2.24. The van der Waals surface area contributed by atoms with E-state index in [1.807, 2.05) is 42.7 Å². The van der Waals surface area contributed by atoms with Crippen LogP contribution in [0.25, 0.3) is 11.4 Å². The van der Waals surface area contributed by atoms with E-state index in [1.54, 1.807) is 0 Å². The quantitative estimate of drug-likeness (QED) is 0.593. The van der Waals surface area contributed by atoms with Gasteiger partial charge in [0, 0.05) is 17.9 Å². The summed E-state index contributed by atoms with van der Waals surface area (Å²) < 4.78 is 7.74. The first-order valence-electron chi connectivity index (χ1n) is 11.3. The van der Waals surface area contributed by atoms with E-state index in [-0.39, 0.29) is 18.6 Å². The van der Waals surface area contributed by atoms with Crippen molar-refractivity contribution >= 4 is 11.7 Å². The Morgan fingerprint density at radius 3 is 2.70 bits per heavy atom. The monoisotopic (exact) mass is 447 g/mol. The summed E-state index contributed by atoms with van der Waals surface area (Å²) in [5.74, 6) is 1.08. The van der Waals surface area contributed by atoms with E-state index < -0.39 is 0 Å². The van der Waals surface area contributed by atoms with Gasteiger partial charge >= 0.3 is 0 Å². The average molecular weight is 448 g/mol. The molecule has 172 valence electrons. The van der Waals surface area contributed by atoms with E-state index >= 15 is 0 Å². The number of aromatic nitrogens is 5. The molecule has 1 amide bonds. The van der Waals surface area contributed by atoms with Gasteiger partial charge in [0.15, 0.2) is 0 Å². The van der Waals surface area contributed by atoms with Crippen LogP contribution in [-0.4, -0.2) is 43.4 Å². The Kier molecular flexibility index (Phi) is 6.56. The van der Waals surface area contributed by atoms with Gasteiger partial charge in [-0.15, -0.1) is 10.2 Å². The third-order valence-electron chi connectivity index (χ3n) is 6.18. The average Bonchev–Trinajstić information content (AvgIpc) is 3.52. The molecule has 3 aromatic rings. The van der Waals surface area contributed by atoms with Crippen molar-refractivity contribution in [3.8, 4) is 17.5 Å². The second-order valence-corrected chi connectivity index (χ2v) is 8.76. The van der Waals surface area contributed by atoms with Gasteiger partial charge in [-0.3, -0.25) is 4.79 Å². The molecule has 1 fully saturated rings. The lowest BCUT2D eigenvalue weighted by Gasteiger charge is -2.16. The third kappa shape index (κ3) is 4.81. The van der Waals surface area contributed by atoms with E-state index in [0.717, 1.165) is 36.3 Å². The summed E-state index contributed by atoms with van der Waals surface area (Å²) in [5, 5.41) is 25.1. The van der Waals surface area contributed by atoms with E-state index in [4.69, 9.17) is 4.74 Å². The zero-order valence-electron chi connectivity index (χ0n) is 19.5. The molecule has 0 spiro atoms. The molecule has 1 aromatic carbocycles. The Morgan fingerprint density at radius 2 is 2.06 bits per heavy atom. The molecule has 1 aliphatic rings. The van der Waals surface area contributed by atoms with E-state index in [2.05, 4.69) is 40.6 Å². The van der Waals surface area contributed by atoms with Crippen molar-refractivity contribution in [2.45, 2.75) is 65.6 Å². The van der Waals surface area contributed by atoms with Gasteiger partial charge in [-0.05, 0) is 48.9 Å². The molecule has 0 bridgehead atoms. The summed E-state index contributed by atoms with van der Waals surface area (Å²) in [5.41, 5.74) is 4.35. The smallest absolute Gasteiger partial charge is 0.249 e. The number of ether oxygens (including phenoxy) is 1. The fourth-order valence-electron chi connectivity index (χ4n) is 4.09. The minimum atomic E-state index is -0.323. The van der Waals surface area contributed by atoms with Crippen LogP contribution in [0.5, 0.6) is 0 Å². The largest absolute Gasteiger partial charge is 0.376 e. The molecule has 4 rings (SSSR count). The molecule has 2 aromatic heterocycles. The molecule has 1 saturated heterocycles. The Hall–Kier alpha value is -3.51. The number of amides is 1. The molecule has 1 N–H and O–H groups in total. The normalized spacial score (nSPS) is 15.7. The number of benzene rings is 1. The maximum atomic E-state index is 12.8. The first-order valence-corrected chi connectivity index (χ1v) is 11.3. The molecule has 9 nitrogen and oxygen atoms in total. The number of rotatable bonds is 7. The second-order valence-electron chi connectivity index (χ2n) is 8.76. The zero-order valence-corrected chi connectivity index (χ0v) is 19.5. The Balaban J connectivity index is 1.49. The SMILES string of the molecule is Cc1c(C#N)c(NC(=O)Cn2nnc(-c3ccc(C(C)C)cc3)n2)n(C[C@@H]2CCCO2)c1C. The number of hydrogen-bond donors (Lipinski definition) is 1. The van der Waals surface area contributed by atoms with Crippen LogP contribution in [-0.2, 0) is 22.6 Å². The van der Waals surface area contributed by atoms with Gasteiger partial charge in [0.2, 0.25) is 11.7 Å². The Bertz CT molecular complexity index is 1180. The zero-order chi connectivity index (χ0) is 23.5. The third-order valence-corrected chi connectivity index (χ3v) is 6.18. The number of nitrogens with zero attached hydrogens (tertiary/aromatic N) is 6. The predicted molar refractivity (Wildman–Crippen MR) is 124 cm³/mol. The summed E-state index contributed by atoms with van der Waals surface area (Å²) in [4.78, 5) is 14.1.